The van der Waals surface area contributed by atoms with Gasteiger partial charge in [-0.1, -0.05) is 29.3 Å². The quantitative estimate of drug-likeness (QED) is 0.786. The van der Waals surface area contributed by atoms with Gasteiger partial charge in [0.15, 0.2) is 0 Å². The molecule has 0 aliphatic heterocycles. The number of hydrogen-bond acceptors (Lipinski definition) is 1. The van der Waals surface area contributed by atoms with Gasteiger partial charge >= 0.3 is 0 Å². The molecule has 1 aromatic heterocycles. The third-order valence-electron chi connectivity index (χ3n) is 2.26. The molecule has 2 aromatic rings. The summed E-state index contributed by atoms with van der Waals surface area (Å²) in [5.41, 5.74) is 1.12. The predicted molar refractivity (Wildman–Crippen MR) is 62.5 cm³/mol. The van der Waals surface area contributed by atoms with Crippen molar-refractivity contribution in [2.24, 2.45) is 0 Å². The Labute approximate surface area is 98.5 Å². The highest BCUT2D eigenvalue weighted by atomic mass is 35.5. The minimum atomic E-state index is 0.586. The van der Waals surface area contributed by atoms with Gasteiger partial charge in [0.1, 0.15) is 5.82 Å². The molecule has 78 valence electrons. The van der Waals surface area contributed by atoms with E-state index < -0.39 is 0 Å². The van der Waals surface area contributed by atoms with E-state index >= 15 is 0 Å². The molecule has 0 saturated carbocycles. The number of hydrogen-bond donors (Lipinski definition) is 0. The molecule has 0 aliphatic carbocycles. The van der Waals surface area contributed by atoms with Crippen LogP contribution in [-0.2, 0) is 6.54 Å². The Bertz CT molecular complexity index is 477. The molecule has 0 unspecified atom stereocenters. The Kier molecular flexibility index (Phi) is 2.98. The summed E-state index contributed by atoms with van der Waals surface area (Å²) in [6.07, 6.45) is 3.73. The van der Waals surface area contributed by atoms with Crippen molar-refractivity contribution in [2.75, 3.05) is 0 Å². The molecular weight excluding hydrogens is 231 g/mol. The summed E-state index contributed by atoms with van der Waals surface area (Å²) in [6.45, 7) is 2.74. The Morgan fingerprint density at radius 3 is 2.67 bits per heavy atom. The number of imidazole rings is 1. The van der Waals surface area contributed by atoms with Crippen LogP contribution in [0.4, 0.5) is 0 Å². The second-order valence-corrected chi connectivity index (χ2v) is 4.17. The molecule has 0 saturated heterocycles. The van der Waals surface area contributed by atoms with Crippen LogP contribution in [0.1, 0.15) is 11.4 Å². The summed E-state index contributed by atoms with van der Waals surface area (Å²) in [4.78, 5) is 4.16. The number of aromatic nitrogens is 2. The first kappa shape index (κ1) is 10.5. The molecule has 2 rings (SSSR count). The lowest BCUT2D eigenvalue weighted by Gasteiger charge is -2.06. The molecule has 4 heteroatoms. The zero-order chi connectivity index (χ0) is 10.8. The number of halogens is 2. The standard InChI is InChI=1S/C11H10Cl2N2/c1-8-14-4-5-15(8)7-9-2-3-10(12)11(13)6-9/h2-6H,7H2,1H3. The van der Waals surface area contributed by atoms with Crippen LogP contribution in [0.3, 0.4) is 0 Å². The molecule has 0 aliphatic rings. The zero-order valence-corrected chi connectivity index (χ0v) is 9.76. The summed E-state index contributed by atoms with van der Waals surface area (Å²) in [5.74, 6) is 0.987. The summed E-state index contributed by atoms with van der Waals surface area (Å²) in [6, 6.07) is 5.66. The van der Waals surface area contributed by atoms with Crippen LogP contribution in [0.2, 0.25) is 10.0 Å². The Balaban J connectivity index is 2.25. The monoisotopic (exact) mass is 240 g/mol. The van der Waals surface area contributed by atoms with E-state index in [1.54, 1.807) is 6.20 Å². The van der Waals surface area contributed by atoms with Gasteiger partial charge < -0.3 is 4.57 Å². The van der Waals surface area contributed by atoms with E-state index in [0.29, 0.717) is 10.0 Å². The first-order chi connectivity index (χ1) is 7.16. The number of aryl methyl sites for hydroxylation is 1. The molecule has 0 atom stereocenters. The lowest BCUT2D eigenvalue weighted by molar-refractivity contribution is 0.762. The average molecular weight is 241 g/mol. The van der Waals surface area contributed by atoms with E-state index in [-0.39, 0.29) is 0 Å². The van der Waals surface area contributed by atoms with E-state index in [1.807, 2.05) is 31.3 Å². The molecule has 1 heterocycles. The summed E-state index contributed by atoms with van der Waals surface area (Å²) < 4.78 is 2.06. The van der Waals surface area contributed by atoms with Gasteiger partial charge in [0.2, 0.25) is 0 Å². The van der Waals surface area contributed by atoms with E-state index in [2.05, 4.69) is 9.55 Å². The van der Waals surface area contributed by atoms with Crippen molar-refractivity contribution in [3.63, 3.8) is 0 Å². The van der Waals surface area contributed by atoms with Crippen molar-refractivity contribution in [1.29, 1.82) is 0 Å². The third-order valence-corrected chi connectivity index (χ3v) is 3.00. The van der Waals surface area contributed by atoms with Crippen molar-refractivity contribution in [3.05, 3.63) is 52.0 Å². The van der Waals surface area contributed by atoms with Crippen LogP contribution in [0.5, 0.6) is 0 Å². The highest BCUT2D eigenvalue weighted by molar-refractivity contribution is 6.42. The lowest BCUT2D eigenvalue weighted by Crippen LogP contribution is -2.00. The SMILES string of the molecule is Cc1nccn1Cc1ccc(Cl)c(Cl)c1. The topological polar surface area (TPSA) is 17.8 Å². The third kappa shape index (κ3) is 2.33. The maximum absolute atomic E-state index is 5.94. The lowest BCUT2D eigenvalue weighted by atomic mass is 10.2. The summed E-state index contributed by atoms with van der Waals surface area (Å²) in [5, 5.41) is 1.18. The number of nitrogens with zero attached hydrogens (tertiary/aromatic N) is 2. The highest BCUT2D eigenvalue weighted by Gasteiger charge is 2.01. The normalized spacial score (nSPS) is 10.6. The first-order valence-corrected chi connectivity index (χ1v) is 5.34. The molecule has 1 aromatic carbocycles. The predicted octanol–water partition coefficient (Wildman–Crippen LogP) is 3.55. The molecule has 2 nitrogen and oxygen atoms in total. The van der Waals surface area contributed by atoms with Crippen LogP contribution in [-0.4, -0.2) is 9.55 Å². The van der Waals surface area contributed by atoms with Crippen LogP contribution in [0.25, 0.3) is 0 Å². The fourth-order valence-electron chi connectivity index (χ4n) is 1.41. The summed E-state index contributed by atoms with van der Waals surface area (Å²) in [7, 11) is 0. The van der Waals surface area contributed by atoms with E-state index in [1.165, 1.54) is 0 Å². The van der Waals surface area contributed by atoms with Gasteiger partial charge in [0.25, 0.3) is 0 Å². The van der Waals surface area contributed by atoms with Crippen LogP contribution >= 0.6 is 23.2 Å². The first-order valence-electron chi connectivity index (χ1n) is 4.58. The van der Waals surface area contributed by atoms with Gasteiger partial charge in [-0.25, -0.2) is 4.98 Å². The number of rotatable bonds is 2. The van der Waals surface area contributed by atoms with Crippen LogP contribution in [0, 0.1) is 6.92 Å². The van der Waals surface area contributed by atoms with Gasteiger partial charge in [-0.15, -0.1) is 0 Å². The Morgan fingerprint density at radius 1 is 1.27 bits per heavy atom. The van der Waals surface area contributed by atoms with Gasteiger partial charge in [0, 0.05) is 18.9 Å². The van der Waals surface area contributed by atoms with Gasteiger partial charge in [-0.3, -0.25) is 0 Å². The van der Waals surface area contributed by atoms with Crippen molar-refractivity contribution < 1.29 is 0 Å². The molecule has 0 N–H and O–H groups in total. The molecule has 0 amide bonds. The van der Waals surface area contributed by atoms with Crippen LogP contribution in [0.15, 0.2) is 30.6 Å². The van der Waals surface area contributed by atoms with E-state index in [0.717, 1.165) is 17.9 Å². The zero-order valence-electron chi connectivity index (χ0n) is 8.24. The molecule has 0 spiro atoms. The maximum Gasteiger partial charge on any atom is 0.105 e. The molecular formula is C11H10Cl2N2. The van der Waals surface area contributed by atoms with Crippen molar-refractivity contribution in [2.45, 2.75) is 13.5 Å². The average Bonchev–Trinajstić information content (AvgIpc) is 2.59. The molecule has 0 fully saturated rings. The molecule has 15 heavy (non-hydrogen) atoms. The highest BCUT2D eigenvalue weighted by Crippen LogP contribution is 2.23. The molecule has 0 radical (unpaired) electrons. The van der Waals surface area contributed by atoms with E-state index in [9.17, 15) is 0 Å². The second kappa shape index (κ2) is 4.25. The Morgan fingerprint density at radius 2 is 2.07 bits per heavy atom. The van der Waals surface area contributed by atoms with Gasteiger partial charge in [0.05, 0.1) is 10.0 Å². The maximum atomic E-state index is 5.94. The van der Waals surface area contributed by atoms with Gasteiger partial charge in [-0.05, 0) is 24.6 Å². The fourth-order valence-corrected chi connectivity index (χ4v) is 1.73. The Hall–Kier alpha value is -0.990. The van der Waals surface area contributed by atoms with Crippen molar-refractivity contribution >= 4 is 23.2 Å². The second-order valence-electron chi connectivity index (χ2n) is 3.35. The summed E-state index contributed by atoms with van der Waals surface area (Å²) >= 11 is 11.8. The van der Waals surface area contributed by atoms with Crippen molar-refractivity contribution in [1.82, 2.24) is 9.55 Å². The molecule has 0 bridgehead atoms. The fraction of sp³-hybridized carbons (Fsp3) is 0.182. The van der Waals surface area contributed by atoms with Crippen molar-refractivity contribution in [3.8, 4) is 0 Å². The van der Waals surface area contributed by atoms with Gasteiger partial charge in [-0.2, -0.15) is 0 Å². The number of benzene rings is 1. The minimum Gasteiger partial charge on any atom is -0.331 e. The van der Waals surface area contributed by atoms with E-state index in [4.69, 9.17) is 23.2 Å². The smallest absolute Gasteiger partial charge is 0.105 e. The van der Waals surface area contributed by atoms with Crippen LogP contribution < -0.4 is 0 Å². The largest absolute Gasteiger partial charge is 0.331 e. The minimum absolute atomic E-state index is 0.586.